The van der Waals surface area contributed by atoms with Gasteiger partial charge in [0, 0.05) is 24.5 Å². The number of para-hydroxylation sites is 1. The Morgan fingerprint density at radius 1 is 1.27 bits per heavy atom. The molecule has 8 nitrogen and oxygen atoms in total. The summed E-state index contributed by atoms with van der Waals surface area (Å²) in [6, 6.07) is 9.71. The molecule has 1 aliphatic heterocycles. The van der Waals surface area contributed by atoms with E-state index in [4.69, 9.17) is 9.47 Å². The number of amides is 1. The summed E-state index contributed by atoms with van der Waals surface area (Å²) in [5.41, 5.74) is 3.01. The molecule has 0 aliphatic carbocycles. The number of rotatable bonds is 6. The lowest BCUT2D eigenvalue weighted by molar-refractivity contribution is 0.0510. The zero-order valence-corrected chi connectivity index (χ0v) is 17.2. The third-order valence-corrected chi connectivity index (χ3v) is 5.22. The van der Waals surface area contributed by atoms with Crippen LogP contribution in [0.25, 0.3) is 11.3 Å². The molecule has 1 unspecified atom stereocenters. The minimum atomic E-state index is -0.133. The van der Waals surface area contributed by atoms with Crippen molar-refractivity contribution in [3.05, 3.63) is 54.0 Å². The molecule has 4 rings (SSSR count). The molecule has 2 aromatic heterocycles. The van der Waals surface area contributed by atoms with Gasteiger partial charge in [0.05, 0.1) is 19.3 Å². The van der Waals surface area contributed by atoms with Crippen molar-refractivity contribution in [3.63, 3.8) is 0 Å². The van der Waals surface area contributed by atoms with E-state index in [1.54, 1.807) is 30.5 Å². The Labute approximate surface area is 175 Å². The largest absolute Gasteiger partial charge is 0.496 e. The van der Waals surface area contributed by atoms with Gasteiger partial charge in [-0.1, -0.05) is 19.1 Å². The molecule has 1 aromatic carbocycles. The van der Waals surface area contributed by atoms with Crippen molar-refractivity contribution in [2.24, 2.45) is 0 Å². The van der Waals surface area contributed by atoms with Crippen molar-refractivity contribution < 1.29 is 14.3 Å². The topological polar surface area (TPSA) is 93.2 Å². The highest BCUT2D eigenvalue weighted by Gasteiger charge is 2.27. The maximum absolute atomic E-state index is 13.0. The number of benzene rings is 1. The van der Waals surface area contributed by atoms with E-state index in [9.17, 15) is 4.79 Å². The summed E-state index contributed by atoms with van der Waals surface area (Å²) in [4.78, 5) is 23.3. The van der Waals surface area contributed by atoms with Gasteiger partial charge in [0.25, 0.3) is 5.91 Å². The lowest BCUT2D eigenvalue weighted by atomic mass is 10.1. The fraction of sp³-hybridized carbons (Fsp3) is 0.364. The van der Waals surface area contributed by atoms with Gasteiger partial charge in [-0.25, -0.2) is 9.97 Å². The summed E-state index contributed by atoms with van der Waals surface area (Å²) in [6.45, 7) is 3.22. The number of carbonyl (C=O) groups excluding carboxylic acids is 1. The van der Waals surface area contributed by atoms with Gasteiger partial charge >= 0.3 is 6.01 Å². The minimum absolute atomic E-state index is 0.0980. The third kappa shape index (κ3) is 4.27. The Bertz CT molecular complexity index is 1000. The molecule has 1 aliphatic rings. The van der Waals surface area contributed by atoms with Crippen LogP contribution in [-0.4, -0.2) is 57.3 Å². The van der Waals surface area contributed by atoms with Gasteiger partial charge in [-0.15, -0.1) is 0 Å². The second-order valence-corrected chi connectivity index (χ2v) is 7.23. The number of ether oxygens (including phenoxy) is 2. The predicted molar refractivity (Wildman–Crippen MR) is 112 cm³/mol. The fourth-order valence-corrected chi connectivity index (χ4v) is 3.55. The van der Waals surface area contributed by atoms with Gasteiger partial charge in [0.2, 0.25) is 0 Å². The van der Waals surface area contributed by atoms with Crippen LogP contribution in [0.1, 0.15) is 35.8 Å². The normalized spacial score (nSPS) is 16.3. The number of aromatic amines is 1. The number of hydrogen-bond acceptors (Lipinski definition) is 6. The van der Waals surface area contributed by atoms with Crippen LogP contribution in [-0.2, 0) is 6.42 Å². The van der Waals surface area contributed by atoms with E-state index in [0.717, 1.165) is 30.4 Å². The van der Waals surface area contributed by atoms with Crippen molar-refractivity contribution in [3.8, 4) is 23.0 Å². The molecular weight excluding hydrogens is 382 g/mol. The first-order valence-electron chi connectivity index (χ1n) is 10.1. The van der Waals surface area contributed by atoms with E-state index < -0.39 is 0 Å². The van der Waals surface area contributed by atoms with Gasteiger partial charge in [-0.2, -0.15) is 5.10 Å². The number of aryl methyl sites for hydroxylation is 1. The molecule has 3 aromatic rings. The van der Waals surface area contributed by atoms with Crippen LogP contribution < -0.4 is 9.47 Å². The number of nitrogens with zero attached hydrogens (tertiary/aromatic N) is 4. The van der Waals surface area contributed by atoms with Crippen LogP contribution in [0.15, 0.2) is 42.7 Å². The zero-order chi connectivity index (χ0) is 20.9. The fourth-order valence-electron chi connectivity index (χ4n) is 3.55. The maximum Gasteiger partial charge on any atom is 0.316 e. The highest BCUT2D eigenvalue weighted by molar-refractivity contribution is 5.93. The van der Waals surface area contributed by atoms with Crippen LogP contribution in [0.4, 0.5) is 0 Å². The van der Waals surface area contributed by atoms with Gasteiger partial charge in [-0.3, -0.25) is 9.89 Å². The third-order valence-electron chi connectivity index (χ3n) is 5.22. The Hall–Kier alpha value is -3.42. The van der Waals surface area contributed by atoms with Crippen LogP contribution in [0.3, 0.4) is 0 Å². The van der Waals surface area contributed by atoms with Gasteiger partial charge in [0.1, 0.15) is 17.5 Å². The smallest absolute Gasteiger partial charge is 0.316 e. The van der Waals surface area contributed by atoms with E-state index in [2.05, 4.69) is 27.1 Å². The molecule has 0 saturated carbocycles. The van der Waals surface area contributed by atoms with E-state index in [1.807, 2.05) is 24.3 Å². The van der Waals surface area contributed by atoms with E-state index in [1.165, 1.54) is 0 Å². The van der Waals surface area contributed by atoms with Gasteiger partial charge < -0.3 is 14.4 Å². The first-order chi connectivity index (χ1) is 14.7. The molecule has 1 amide bonds. The molecule has 0 radical (unpaired) electrons. The number of piperidine rings is 1. The van der Waals surface area contributed by atoms with Crippen LogP contribution in [0.5, 0.6) is 11.8 Å². The van der Waals surface area contributed by atoms with Crippen molar-refractivity contribution >= 4 is 5.91 Å². The molecule has 1 atom stereocenters. The number of hydrogen-bond donors (Lipinski definition) is 1. The first-order valence-corrected chi connectivity index (χ1v) is 10.1. The van der Waals surface area contributed by atoms with Crippen LogP contribution in [0, 0.1) is 0 Å². The SMILES string of the molecule is CCc1cnc(OC2CCCN(C(=O)c3cc(-c4ccccc4OC)n[nH]3)C2)nc1. The summed E-state index contributed by atoms with van der Waals surface area (Å²) in [5, 5.41) is 7.18. The number of H-pyrrole nitrogens is 1. The Morgan fingerprint density at radius 3 is 2.83 bits per heavy atom. The number of aromatic nitrogens is 4. The average Bonchev–Trinajstić information content (AvgIpc) is 3.29. The molecule has 1 fully saturated rings. The number of carbonyl (C=O) groups is 1. The van der Waals surface area contributed by atoms with E-state index in [0.29, 0.717) is 36.2 Å². The van der Waals surface area contributed by atoms with Crippen molar-refractivity contribution in [1.82, 2.24) is 25.1 Å². The molecule has 0 bridgehead atoms. The maximum atomic E-state index is 13.0. The monoisotopic (exact) mass is 407 g/mol. The van der Waals surface area contributed by atoms with Gasteiger partial charge in [-0.05, 0) is 43.0 Å². The minimum Gasteiger partial charge on any atom is -0.496 e. The average molecular weight is 407 g/mol. The molecule has 156 valence electrons. The van der Waals surface area contributed by atoms with Crippen molar-refractivity contribution in [2.75, 3.05) is 20.2 Å². The second-order valence-electron chi connectivity index (χ2n) is 7.23. The van der Waals surface area contributed by atoms with E-state index in [-0.39, 0.29) is 12.0 Å². The molecule has 1 saturated heterocycles. The summed E-state index contributed by atoms with van der Waals surface area (Å²) < 4.78 is 11.3. The number of nitrogens with one attached hydrogen (secondary N) is 1. The number of methoxy groups -OCH3 is 1. The Balaban J connectivity index is 1.43. The Morgan fingerprint density at radius 2 is 2.07 bits per heavy atom. The zero-order valence-electron chi connectivity index (χ0n) is 17.2. The lowest BCUT2D eigenvalue weighted by Gasteiger charge is -2.32. The summed E-state index contributed by atoms with van der Waals surface area (Å²) in [7, 11) is 1.62. The van der Waals surface area contributed by atoms with Crippen molar-refractivity contribution in [1.29, 1.82) is 0 Å². The predicted octanol–water partition coefficient (Wildman–Crippen LogP) is 3.12. The Kier molecular flexibility index (Phi) is 5.92. The highest BCUT2D eigenvalue weighted by Crippen LogP contribution is 2.28. The summed E-state index contributed by atoms with van der Waals surface area (Å²) in [6.07, 6.45) is 6.02. The first kappa shape index (κ1) is 19.9. The second kappa shape index (κ2) is 8.94. The van der Waals surface area contributed by atoms with Crippen LogP contribution in [0.2, 0.25) is 0 Å². The highest BCUT2D eigenvalue weighted by atomic mass is 16.5. The lowest BCUT2D eigenvalue weighted by Crippen LogP contribution is -2.44. The molecule has 3 heterocycles. The van der Waals surface area contributed by atoms with Crippen LogP contribution >= 0.6 is 0 Å². The molecule has 0 spiro atoms. The molecular formula is C22H25N5O3. The molecule has 1 N–H and O–H groups in total. The quantitative estimate of drug-likeness (QED) is 0.675. The summed E-state index contributed by atoms with van der Waals surface area (Å²) >= 11 is 0. The van der Waals surface area contributed by atoms with E-state index >= 15 is 0 Å². The van der Waals surface area contributed by atoms with Gasteiger partial charge in [0.15, 0.2) is 0 Å². The van der Waals surface area contributed by atoms with Crippen molar-refractivity contribution in [2.45, 2.75) is 32.3 Å². The molecule has 30 heavy (non-hydrogen) atoms. The summed E-state index contributed by atoms with van der Waals surface area (Å²) in [5.74, 6) is 0.614. The standard InChI is InChI=1S/C22H25N5O3/c1-3-15-12-23-22(24-13-15)30-16-7-6-10-27(14-16)21(28)19-11-18(25-26-19)17-8-4-5-9-20(17)29-2/h4-5,8-9,11-13,16H,3,6-7,10,14H2,1-2H3,(H,25,26). The molecule has 8 heteroatoms. The number of likely N-dealkylation sites (tertiary alicyclic amines) is 1.